The molecule has 1 aliphatic rings. The van der Waals surface area contributed by atoms with Crippen LogP contribution in [0, 0.1) is 0 Å². The Morgan fingerprint density at radius 3 is 2.37 bits per heavy atom. The molecule has 3 aromatic carbocycles. The second-order valence-electron chi connectivity index (χ2n) is 9.20. The van der Waals surface area contributed by atoms with Gasteiger partial charge in [0.05, 0.1) is 10.6 Å². The number of carbonyl (C=O) groups excluding carboxylic acids is 1. The van der Waals surface area contributed by atoms with Crippen molar-refractivity contribution < 1.29 is 13.2 Å². The van der Waals surface area contributed by atoms with Gasteiger partial charge in [-0.3, -0.25) is 9.89 Å². The smallest absolute Gasteiger partial charge is 0.240 e. The molecule has 8 nitrogen and oxygen atoms in total. The van der Waals surface area contributed by atoms with Crippen LogP contribution in [0.4, 0.5) is 5.69 Å². The quantitative estimate of drug-likeness (QED) is 0.239. The lowest BCUT2D eigenvalue weighted by molar-refractivity contribution is -0.113. The van der Waals surface area contributed by atoms with Crippen LogP contribution in [-0.4, -0.2) is 41.3 Å². The van der Waals surface area contributed by atoms with Gasteiger partial charge in [0.25, 0.3) is 0 Å². The summed E-state index contributed by atoms with van der Waals surface area (Å²) in [4.78, 5) is 17.4. The van der Waals surface area contributed by atoms with Crippen LogP contribution < -0.4 is 10.0 Å². The minimum Gasteiger partial charge on any atom is -0.325 e. The van der Waals surface area contributed by atoms with E-state index < -0.39 is 10.0 Å². The fraction of sp³-hybridized carbons (Fsp3) is 0.250. The van der Waals surface area contributed by atoms with E-state index in [1.54, 1.807) is 24.3 Å². The largest absolute Gasteiger partial charge is 0.325 e. The van der Waals surface area contributed by atoms with Gasteiger partial charge in [0, 0.05) is 22.9 Å². The molecule has 0 spiro atoms. The zero-order valence-electron chi connectivity index (χ0n) is 20.8. The van der Waals surface area contributed by atoms with E-state index in [4.69, 9.17) is 0 Å². The van der Waals surface area contributed by atoms with Gasteiger partial charge in [0.1, 0.15) is 0 Å². The Morgan fingerprint density at radius 1 is 0.895 bits per heavy atom. The van der Waals surface area contributed by atoms with Crippen LogP contribution in [0.3, 0.4) is 0 Å². The van der Waals surface area contributed by atoms with Gasteiger partial charge in [-0.15, -0.1) is 5.10 Å². The summed E-state index contributed by atoms with van der Waals surface area (Å²) in [6.07, 6.45) is 5.04. The molecule has 1 saturated carbocycles. The molecule has 38 heavy (non-hydrogen) atoms. The molecule has 4 aromatic rings. The Bertz CT molecular complexity index is 1480. The lowest BCUT2D eigenvalue weighted by Gasteiger charge is -2.22. The zero-order valence-corrected chi connectivity index (χ0v) is 22.4. The first kappa shape index (κ1) is 26.1. The first-order valence-corrected chi connectivity index (χ1v) is 15.1. The second-order valence-corrected chi connectivity index (χ2v) is 11.9. The predicted octanol–water partition coefficient (Wildman–Crippen LogP) is 5.48. The summed E-state index contributed by atoms with van der Waals surface area (Å²) in [7, 11) is -3.56. The number of aromatic nitrogens is 3. The number of thioether (sulfide) groups is 1. The molecule has 1 aliphatic carbocycles. The normalized spacial score (nSPS) is 14.3. The Kier molecular flexibility index (Phi) is 8.21. The molecule has 1 heterocycles. The van der Waals surface area contributed by atoms with Crippen molar-refractivity contribution in [2.24, 2.45) is 0 Å². The van der Waals surface area contributed by atoms with E-state index in [1.165, 1.54) is 11.8 Å². The number of aromatic amines is 1. The monoisotopic (exact) mass is 547 g/mol. The molecule has 0 unspecified atom stereocenters. The summed E-state index contributed by atoms with van der Waals surface area (Å²) in [5.41, 5.74) is 3.43. The summed E-state index contributed by atoms with van der Waals surface area (Å²) in [6.45, 7) is 0. The van der Waals surface area contributed by atoms with Gasteiger partial charge < -0.3 is 5.32 Å². The Labute approximate surface area is 226 Å². The molecule has 1 aromatic heterocycles. The van der Waals surface area contributed by atoms with E-state index >= 15 is 0 Å². The van der Waals surface area contributed by atoms with Crippen molar-refractivity contribution in [1.29, 1.82) is 0 Å². The number of sulfonamides is 1. The maximum absolute atomic E-state index is 12.7. The molecule has 0 atom stereocenters. The van der Waals surface area contributed by atoms with E-state index in [2.05, 4.69) is 25.2 Å². The molecule has 5 rings (SSSR count). The number of nitrogens with one attached hydrogen (secondary N) is 3. The van der Waals surface area contributed by atoms with Gasteiger partial charge in [-0.05, 0) is 48.7 Å². The van der Waals surface area contributed by atoms with Crippen LogP contribution in [0.1, 0.15) is 32.1 Å². The van der Waals surface area contributed by atoms with E-state index in [9.17, 15) is 13.2 Å². The minimum absolute atomic E-state index is 0.00583. The molecule has 3 N–H and O–H groups in total. The van der Waals surface area contributed by atoms with Gasteiger partial charge >= 0.3 is 0 Å². The second kappa shape index (κ2) is 11.9. The van der Waals surface area contributed by atoms with Crippen molar-refractivity contribution in [3.63, 3.8) is 0 Å². The Morgan fingerprint density at radius 2 is 1.61 bits per heavy atom. The third-order valence-corrected chi connectivity index (χ3v) is 8.83. The van der Waals surface area contributed by atoms with E-state index in [-0.39, 0.29) is 22.6 Å². The number of hydrogen-bond acceptors (Lipinski definition) is 6. The maximum Gasteiger partial charge on any atom is 0.240 e. The van der Waals surface area contributed by atoms with Crippen molar-refractivity contribution in [3.8, 4) is 22.5 Å². The van der Waals surface area contributed by atoms with Gasteiger partial charge in [-0.2, -0.15) is 0 Å². The van der Waals surface area contributed by atoms with Gasteiger partial charge in [0.2, 0.25) is 21.1 Å². The third kappa shape index (κ3) is 6.50. The lowest BCUT2D eigenvalue weighted by atomic mass is 9.96. The average molecular weight is 548 g/mol. The number of rotatable bonds is 9. The molecule has 0 bridgehead atoms. The van der Waals surface area contributed by atoms with Gasteiger partial charge in [0.15, 0.2) is 5.82 Å². The summed E-state index contributed by atoms with van der Waals surface area (Å²) < 4.78 is 28.3. The van der Waals surface area contributed by atoms with Crippen LogP contribution in [0.5, 0.6) is 0 Å². The van der Waals surface area contributed by atoms with Crippen LogP contribution in [0.2, 0.25) is 0 Å². The summed E-state index contributed by atoms with van der Waals surface area (Å²) in [5, 5.41) is 10.5. The molecule has 196 valence electrons. The highest BCUT2D eigenvalue weighted by molar-refractivity contribution is 7.99. The number of H-pyrrole nitrogens is 1. The molecular weight excluding hydrogens is 518 g/mol. The van der Waals surface area contributed by atoms with Crippen LogP contribution >= 0.6 is 11.8 Å². The minimum atomic E-state index is -3.56. The molecule has 1 fully saturated rings. The number of amides is 1. The summed E-state index contributed by atoms with van der Waals surface area (Å²) in [5.74, 6) is 0.487. The highest BCUT2D eigenvalue weighted by Gasteiger charge is 2.22. The van der Waals surface area contributed by atoms with Crippen LogP contribution in [0.25, 0.3) is 22.5 Å². The van der Waals surface area contributed by atoms with Crippen molar-refractivity contribution in [2.75, 3.05) is 11.1 Å². The van der Waals surface area contributed by atoms with Crippen molar-refractivity contribution >= 4 is 33.4 Å². The Hall–Kier alpha value is -3.47. The molecule has 0 aliphatic heterocycles. The average Bonchev–Trinajstić information content (AvgIpc) is 3.42. The third-order valence-electron chi connectivity index (χ3n) is 6.45. The number of carbonyl (C=O) groups is 1. The van der Waals surface area contributed by atoms with Crippen LogP contribution in [0.15, 0.2) is 88.9 Å². The maximum atomic E-state index is 12.7. The van der Waals surface area contributed by atoms with E-state index in [0.717, 1.165) is 48.9 Å². The predicted molar refractivity (Wildman–Crippen MR) is 150 cm³/mol. The number of para-hydroxylation sites is 1. The SMILES string of the molecule is O=C(CSc1n[nH]c(-c2ccc(S(=O)(=O)NC3CCCCC3)cc2)n1)Nc1ccccc1-c1ccccc1. The fourth-order valence-electron chi connectivity index (χ4n) is 4.52. The van der Waals surface area contributed by atoms with Crippen molar-refractivity contribution in [2.45, 2.75) is 48.2 Å². The molecule has 1 amide bonds. The number of hydrogen-bond donors (Lipinski definition) is 3. The standard InChI is InChI=1S/C28H29N5O3S2/c34-26(29-25-14-8-7-13-24(25)20-9-3-1-4-10-20)19-37-28-30-27(31-32-28)21-15-17-23(18-16-21)38(35,36)33-22-11-5-2-6-12-22/h1,3-4,7-10,13-18,22,33H,2,5-6,11-12,19H2,(H,29,34)(H,30,31,32). The highest BCUT2D eigenvalue weighted by atomic mass is 32.2. The molecule has 0 radical (unpaired) electrons. The van der Waals surface area contributed by atoms with Gasteiger partial charge in [-0.25, -0.2) is 18.1 Å². The van der Waals surface area contributed by atoms with Gasteiger partial charge in [-0.1, -0.05) is 79.6 Å². The summed E-state index contributed by atoms with van der Waals surface area (Å²) in [6, 6.07) is 24.1. The van der Waals surface area contributed by atoms with E-state index in [0.29, 0.717) is 16.5 Å². The zero-order chi connectivity index (χ0) is 26.4. The summed E-state index contributed by atoms with van der Waals surface area (Å²) >= 11 is 1.22. The number of anilines is 1. The fourth-order valence-corrected chi connectivity index (χ4v) is 6.42. The van der Waals surface area contributed by atoms with Crippen molar-refractivity contribution in [3.05, 3.63) is 78.9 Å². The Balaban J connectivity index is 1.18. The van der Waals surface area contributed by atoms with Crippen LogP contribution in [-0.2, 0) is 14.8 Å². The molecular formula is C28H29N5O3S2. The number of nitrogens with zero attached hydrogens (tertiary/aromatic N) is 2. The first-order chi connectivity index (χ1) is 18.5. The highest BCUT2D eigenvalue weighted by Crippen LogP contribution is 2.28. The lowest BCUT2D eigenvalue weighted by Crippen LogP contribution is -2.36. The van der Waals surface area contributed by atoms with Crippen molar-refractivity contribution in [1.82, 2.24) is 19.9 Å². The molecule has 10 heteroatoms. The topological polar surface area (TPSA) is 117 Å². The van der Waals surface area contributed by atoms with E-state index in [1.807, 2.05) is 54.6 Å². The molecule has 0 saturated heterocycles. The number of benzene rings is 3. The first-order valence-electron chi connectivity index (χ1n) is 12.6.